The topological polar surface area (TPSA) is 60.4 Å². The van der Waals surface area contributed by atoms with Crippen LogP contribution in [-0.2, 0) is 19.1 Å². The summed E-state index contributed by atoms with van der Waals surface area (Å²) in [5, 5.41) is 0. The minimum Gasteiger partial charge on any atom is -0.487 e. The maximum Gasteiger partial charge on any atom is 0.138 e. The van der Waals surface area contributed by atoms with E-state index >= 15 is 0 Å². The van der Waals surface area contributed by atoms with Crippen molar-refractivity contribution in [2.45, 2.75) is 345 Å². The number of ketones is 3. The number of hydrogen-bond acceptors (Lipinski definition) is 4. The van der Waals surface area contributed by atoms with Crippen molar-refractivity contribution in [3.63, 3.8) is 0 Å². The zero-order valence-electron chi connectivity index (χ0n) is 48.5. The van der Waals surface area contributed by atoms with Gasteiger partial charge in [-0.3, -0.25) is 9.59 Å². The third kappa shape index (κ3) is 63.8. The number of rotatable bonds is 49. The van der Waals surface area contributed by atoms with Crippen LogP contribution >= 0.6 is 0 Å². The zero-order valence-corrected chi connectivity index (χ0v) is 48.5. The lowest BCUT2D eigenvalue weighted by atomic mass is 9.84. The molecular weight excluding hydrogens is 845 g/mol. The van der Waals surface area contributed by atoms with E-state index in [1.165, 1.54) is 154 Å². The number of allylic oxidation sites excluding steroid dienone is 3. The highest BCUT2D eigenvalue weighted by molar-refractivity contribution is 5.79. The minimum absolute atomic E-state index is 0.109. The predicted molar refractivity (Wildman–Crippen MR) is 310 cm³/mol. The van der Waals surface area contributed by atoms with E-state index in [1.807, 2.05) is 12.2 Å². The Morgan fingerprint density at radius 3 is 1.26 bits per heavy atom. The summed E-state index contributed by atoms with van der Waals surface area (Å²) in [4.78, 5) is 36.1. The number of carbonyl (C=O) groups excluding carboxylic acids is 3. The third-order valence-corrected chi connectivity index (χ3v) is 13.3. The molecule has 0 amide bonds. The summed E-state index contributed by atoms with van der Waals surface area (Å²) in [5.41, 5.74) is 3.11. The van der Waals surface area contributed by atoms with Crippen LogP contribution in [0.2, 0.25) is 0 Å². The first-order valence-corrected chi connectivity index (χ1v) is 30.3. The van der Waals surface area contributed by atoms with E-state index in [1.54, 1.807) is 13.8 Å². The van der Waals surface area contributed by atoms with Gasteiger partial charge in [-0.15, -0.1) is 13.2 Å². The Morgan fingerprint density at radius 2 is 0.870 bits per heavy atom. The summed E-state index contributed by atoms with van der Waals surface area (Å²) >= 11 is 0. The van der Waals surface area contributed by atoms with E-state index < -0.39 is 0 Å². The first-order chi connectivity index (χ1) is 33.5. The van der Waals surface area contributed by atoms with Gasteiger partial charge in [-0.1, -0.05) is 240 Å². The molecule has 0 aliphatic heterocycles. The quantitative estimate of drug-likeness (QED) is 0.0264. The molecule has 1 unspecified atom stereocenters. The number of ether oxygens (including phenoxy) is 1. The SMILES string of the molecule is C=C=C(CCCCCCC(=O)CCC(CC)C[C@H](CCCCCCC(C)=O)C(C)=O)OC(CCCCCCCC)CCCCCCCC.C=CCCC.C=CCCCCCCCCCCC.CCC. The molecule has 4 nitrogen and oxygen atoms in total. The van der Waals surface area contributed by atoms with Crippen molar-refractivity contribution in [2.75, 3.05) is 0 Å². The van der Waals surface area contributed by atoms with E-state index in [0.29, 0.717) is 37.1 Å². The Balaban J connectivity index is -0.000000827. The van der Waals surface area contributed by atoms with Crippen molar-refractivity contribution in [1.82, 2.24) is 0 Å². The Bertz CT molecular complexity index is 1110. The summed E-state index contributed by atoms with van der Waals surface area (Å²) < 4.78 is 6.51. The first kappa shape index (κ1) is 73.3. The van der Waals surface area contributed by atoms with Gasteiger partial charge in [0.05, 0.1) is 6.10 Å². The normalized spacial score (nSPS) is 11.4. The highest BCUT2D eigenvalue weighted by atomic mass is 16.5. The number of hydrogen-bond donors (Lipinski definition) is 0. The molecule has 0 saturated carbocycles. The van der Waals surface area contributed by atoms with Crippen LogP contribution < -0.4 is 0 Å². The van der Waals surface area contributed by atoms with Gasteiger partial charge in [-0.25, -0.2) is 0 Å². The molecule has 2 atom stereocenters. The van der Waals surface area contributed by atoms with E-state index in [4.69, 9.17) is 4.74 Å². The summed E-state index contributed by atoms with van der Waals surface area (Å²) in [6.45, 7) is 30.0. The van der Waals surface area contributed by atoms with E-state index in [0.717, 1.165) is 108 Å². The second-order valence-electron chi connectivity index (χ2n) is 20.6. The van der Waals surface area contributed by atoms with Gasteiger partial charge in [0, 0.05) is 31.6 Å². The molecular formula is C65H124O4. The van der Waals surface area contributed by atoms with Crippen molar-refractivity contribution in [1.29, 1.82) is 0 Å². The van der Waals surface area contributed by atoms with Crippen molar-refractivity contribution in [3.8, 4) is 0 Å². The number of unbranched alkanes of at least 4 members (excludes halogenated alkanes) is 26. The van der Waals surface area contributed by atoms with Crippen LogP contribution in [-0.4, -0.2) is 23.5 Å². The van der Waals surface area contributed by atoms with Crippen molar-refractivity contribution >= 4 is 17.3 Å². The lowest BCUT2D eigenvalue weighted by Gasteiger charge is -2.21. The first-order valence-electron chi connectivity index (χ1n) is 30.3. The smallest absolute Gasteiger partial charge is 0.138 e. The molecule has 0 saturated heterocycles. The van der Waals surface area contributed by atoms with Crippen LogP contribution in [0.3, 0.4) is 0 Å². The van der Waals surface area contributed by atoms with Crippen LogP contribution in [0.1, 0.15) is 338 Å². The minimum atomic E-state index is 0.109. The predicted octanol–water partition coefficient (Wildman–Crippen LogP) is 22.3. The molecule has 0 aliphatic rings. The van der Waals surface area contributed by atoms with Crippen LogP contribution in [0.5, 0.6) is 0 Å². The van der Waals surface area contributed by atoms with Crippen LogP contribution in [0.4, 0.5) is 0 Å². The molecule has 0 radical (unpaired) electrons. The molecule has 0 aromatic carbocycles. The lowest BCUT2D eigenvalue weighted by molar-refractivity contribution is -0.121. The second-order valence-corrected chi connectivity index (χ2v) is 20.6. The van der Waals surface area contributed by atoms with E-state index in [-0.39, 0.29) is 17.5 Å². The Labute approximate surface area is 434 Å². The van der Waals surface area contributed by atoms with Gasteiger partial charge in [0.25, 0.3) is 0 Å². The summed E-state index contributed by atoms with van der Waals surface area (Å²) in [7, 11) is 0. The number of carbonyl (C=O) groups is 3. The molecule has 0 rings (SSSR count). The van der Waals surface area contributed by atoms with Crippen LogP contribution in [0.25, 0.3) is 0 Å². The fraction of sp³-hybridized carbons (Fsp3) is 0.846. The molecule has 408 valence electrons. The summed E-state index contributed by atoms with van der Waals surface area (Å²) in [5.74, 6) is 2.41. The zero-order chi connectivity index (χ0) is 52.3. The largest absolute Gasteiger partial charge is 0.487 e. The van der Waals surface area contributed by atoms with Crippen molar-refractivity contribution in [2.24, 2.45) is 11.8 Å². The van der Waals surface area contributed by atoms with Gasteiger partial charge in [-0.2, -0.15) is 0 Å². The fourth-order valence-corrected chi connectivity index (χ4v) is 8.71. The Morgan fingerprint density at radius 1 is 0.464 bits per heavy atom. The molecule has 0 bridgehead atoms. The molecule has 0 N–H and O–H groups in total. The van der Waals surface area contributed by atoms with Gasteiger partial charge < -0.3 is 9.53 Å². The Hall–Kier alpha value is -2.19. The molecule has 0 spiro atoms. The number of Topliss-reactive ketones (excluding diaryl/α,β-unsaturated/α-hetero) is 3. The van der Waals surface area contributed by atoms with Gasteiger partial charge >= 0.3 is 0 Å². The van der Waals surface area contributed by atoms with E-state index in [2.05, 4.69) is 73.9 Å². The van der Waals surface area contributed by atoms with Crippen LogP contribution in [0, 0.1) is 11.8 Å². The van der Waals surface area contributed by atoms with Gasteiger partial charge in [0.2, 0.25) is 0 Å². The molecule has 69 heavy (non-hydrogen) atoms. The van der Waals surface area contributed by atoms with Gasteiger partial charge in [0.1, 0.15) is 23.1 Å². The second kappa shape index (κ2) is 63.8. The molecule has 0 fully saturated rings. The monoisotopic (exact) mass is 969 g/mol. The van der Waals surface area contributed by atoms with E-state index in [9.17, 15) is 14.4 Å². The van der Waals surface area contributed by atoms with Crippen molar-refractivity contribution < 1.29 is 19.1 Å². The highest BCUT2D eigenvalue weighted by Crippen LogP contribution is 2.27. The summed E-state index contributed by atoms with van der Waals surface area (Å²) in [6.07, 6.45) is 55.0. The average Bonchev–Trinajstić information content (AvgIpc) is 3.33. The standard InChI is InChI=1S/C44H80O4.C13H26.C5H10.C3H8/c1-7-11-13-15-17-27-33-44(34-28-18-16-14-12-8-2)48-43(10-4)32-26-22-21-25-31-42(47)36-35-40(9-3)37-41(39(6)46)30-24-20-19-23-29-38(5)45;1-3-5-7-9-11-13-12-10-8-6-4-2;1-3-5-4-2;1-3-2/h40-41,44H,4,7-9,11-37H2,1-3,5-6H3;3H,1,4-13H2,2H3;3H,1,4-5H2,2H3;3H2,1-2H3/t40?,41-;;;/m0.../s1. The summed E-state index contributed by atoms with van der Waals surface area (Å²) in [6, 6.07) is 0. The lowest BCUT2D eigenvalue weighted by Crippen LogP contribution is -2.17. The Kier molecular flexibility index (Phi) is 67.8. The molecule has 0 aromatic rings. The maximum absolute atomic E-state index is 12.7. The molecule has 0 aromatic heterocycles. The maximum atomic E-state index is 12.7. The fourth-order valence-electron chi connectivity index (χ4n) is 8.71. The van der Waals surface area contributed by atoms with Gasteiger partial charge in [-0.05, 0) is 103 Å². The van der Waals surface area contributed by atoms with Gasteiger partial charge in [0.15, 0.2) is 0 Å². The molecule has 0 heterocycles. The average molecular weight is 970 g/mol. The molecule has 0 aliphatic carbocycles. The van der Waals surface area contributed by atoms with Crippen LogP contribution in [0.15, 0.2) is 43.4 Å². The van der Waals surface area contributed by atoms with Crippen molar-refractivity contribution in [3.05, 3.63) is 43.4 Å². The highest BCUT2D eigenvalue weighted by Gasteiger charge is 2.20. The third-order valence-electron chi connectivity index (χ3n) is 13.3. The molecule has 4 heteroatoms.